The van der Waals surface area contributed by atoms with E-state index in [4.69, 9.17) is 5.11 Å². The molecule has 106 valence electrons. The van der Waals surface area contributed by atoms with Crippen molar-refractivity contribution in [1.82, 2.24) is 0 Å². The second kappa shape index (κ2) is 6.33. The van der Waals surface area contributed by atoms with Crippen molar-refractivity contribution < 1.29 is 13.9 Å². The van der Waals surface area contributed by atoms with E-state index in [1.54, 1.807) is 0 Å². The Morgan fingerprint density at radius 3 is 2.21 bits per heavy atom. The highest BCUT2D eigenvalue weighted by Gasteiger charge is 2.25. The highest BCUT2D eigenvalue weighted by molar-refractivity contribution is 5.51. The van der Waals surface area contributed by atoms with E-state index >= 15 is 0 Å². The smallest absolute Gasteiger partial charge is 0.149 e. The number of aliphatic hydroxyl groups is 1. The first-order chi connectivity index (χ1) is 9.17. The molecule has 1 aromatic rings. The van der Waals surface area contributed by atoms with Gasteiger partial charge in [0.2, 0.25) is 0 Å². The van der Waals surface area contributed by atoms with Gasteiger partial charge >= 0.3 is 0 Å². The summed E-state index contributed by atoms with van der Waals surface area (Å²) in [5.74, 6) is -1.15. The Bertz CT molecular complexity index is 407. The van der Waals surface area contributed by atoms with Gasteiger partial charge in [-0.2, -0.15) is 0 Å². The normalized spacial score (nSPS) is 16.6. The second-order valence-electron chi connectivity index (χ2n) is 5.14. The topological polar surface area (TPSA) is 23.5 Å². The Hall–Kier alpha value is -1.16. The maximum Gasteiger partial charge on any atom is 0.149 e. The number of aliphatic hydroxyl groups excluding tert-OH is 1. The number of halogens is 2. The molecule has 0 aromatic heterocycles. The summed E-state index contributed by atoms with van der Waals surface area (Å²) in [6, 6.07) is 2.68. The van der Waals surface area contributed by atoms with E-state index in [0.29, 0.717) is 6.54 Å². The van der Waals surface area contributed by atoms with Crippen LogP contribution in [-0.4, -0.2) is 17.7 Å². The van der Waals surface area contributed by atoms with Crippen LogP contribution in [0.2, 0.25) is 0 Å². The molecule has 1 aliphatic carbocycles. The quantitative estimate of drug-likeness (QED) is 0.902. The van der Waals surface area contributed by atoms with Gasteiger partial charge in [0.05, 0.1) is 6.61 Å². The van der Waals surface area contributed by atoms with Crippen molar-refractivity contribution in [3.05, 3.63) is 29.3 Å². The molecule has 2 rings (SSSR count). The average molecular weight is 269 g/mol. The highest BCUT2D eigenvalue weighted by atomic mass is 19.1. The van der Waals surface area contributed by atoms with Gasteiger partial charge in [-0.3, -0.25) is 0 Å². The molecule has 1 saturated carbocycles. The van der Waals surface area contributed by atoms with Crippen molar-refractivity contribution in [2.24, 2.45) is 0 Å². The van der Waals surface area contributed by atoms with E-state index in [-0.39, 0.29) is 23.9 Å². The van der Waals surface area contributed by atoms with Crippen molar-refractivity contribution in [2.45, 2.75) is 51.7 Å². The van der Waals surface area contributed by atoms with E-state index in [1.807, 2.05) is 11.8 Å². The molecule has 19 heavy (non-hydrogen) atoms. The maximum atomic E-state index is 14.1. The number of benzene rings is 1. The van der Waals surface area contributed by atoms with Crippen molar-refractivity contribution in [1.29, 1.82) is 0 Å². The molecule has 0 bridgehead atoms. The summed E-state index contributed by atoms with van der Waals surface area (Å²) in [5, 5.41) is 8.97. The molecule has 0 spiro atoms. The zero-order valence-corrected chi connectivity index (χ0v) is 11.3. The van der Waals surface area contributed by atoms with Crippen LogP contribution in [0.25, 0.3) is 0 Å². The van der Waals surface area contributed by atoms with Gasteiger partial charge in [-0.25, -0.2) is 8.78 Å². The first-order valence-corrected chi connectivity index (χ1v) is 7.02. The summed E-state index contributed by atoms with van der Waals surface area (Å²) >= 11 is 0. The van der Waals surface area contributed by atoms with E-state index in [2.05, 4.69) is 0 Å². The summed E-state index contributed by atoms with van der Waals surface area (Å²) < 4.78 is 28.2. The van der Waals surface area contributed by atoms with Crippen LogP contribution in [0.4, 0.5) is 14.5 Å². The van der Waals surface area contributed by atoms with E-state index in [1.165, 1.54) is 18.6 Å². The minimum absolute atomic E-state index is 0.0617. The number of nitrogens with zero attached hydrogens (tertiary/aromatic N) is 1. The second-order valence-corrected chi connectivity index (χ2v) is 5.14. The van der Waals surface area contributed by atoms with Gasteiger partial charge in [0.25, 0.3) is 0 Å². The summed E-state index contributed by atoms with van der Waals surface area (Å²) in [6.45, 7) is 2.17. The standard InChI is InChI=1S/C15H21F2NO/c1-2-18(12-6-4-3-5-7-12)15-13(16)8-11(10-19)9-14(15)17/h8-9,12,19H,2-7,10H2,1H3. The third-order valence-corrected chi connectivity index (χ3v) is 3.90. The van der Waals surface area contributed by atoms with Crippen LogP contribution in [0.5, 0.6) is 0 Å². The molecule has 0 heterocycles. The van der Waals surface area contributed by atoms with Crippen LogP contribution >= 0.6 is 0 Å². The van der Waals surface area contributed by atoms with E-state index < -0.39 is 11.6 Å². The molecular formula is C15H21F2NO. The Morgan fingerprint density at radius 2 is 1.74 bits per heavy atom. The summed E-state index contributed by atoms with van der Waals surface area (Å²) in [7, 11) is 0. The third-order valence-electron chi connectivity index (χ3n) is 3.90. The molecule has 0 radical (unpaired) electrons. The number of hydrogen-bond donors (Lipinski definition) is 1. The lowest BCUT2D eigenvalue weighted by Crippen LogP contribution is -2.38. The monoisotopic (exact) mass is 269 g/mol. The van der Waals surface area contributed by atoms with Gasteiger partial charge in [-0.1, -0.05) is 19.3 Å². The molecule has 0 unspecified atom stereocenters. The maximum absolute atomic E-state index is 14.1. The lowest BCUT2D eigenvalue weighted by atomic mass is 9.93. The Kier molecular flexibility index (Phi) is 4.75. The SMILES string of the molecule is CCN(c1c(F)cc(CO)cc1F)C1CCCCC1. The predicted molar refractivity (Wildman–Crippen MR) is 72.2 cm³/mol. The number of rotatable bonds is 4. The van der Waals surface area contributed by atoms with Crippen LogP contribution < -0.4 is 4.90 Å². The van der Waals surface area contributed by atoms with Crippen molar-refractivity contribution in [3.8, 4) is 0 Å². The van der Waals surface area contributed by atoms with Crippen molar-refractivity contribution >= 4 is 5.69 Å². The fraction of sp³-hybridized carbons (Fsp3) is 0.600. The van der Waals surface area contributed by atoms with Gasteiger partial charge in [0, 0.05) is 12.6 Å². The molecule has 1 aliphatic rings. The van der Waals surface area contributed by atoms with Gasteiger partial charge in [0.1, 0.15) is 17.3 Å². The van der Waals surface area contributed by atoms with Crippen molar-refractivity contribution in [2.75, 3.05) is 11.4 Å². The first kappa shape index (κ1) is 14.3. The van der Waals surface area contributed by atoms with Crippen LogP contribution in [-0.2, 0) is 6.61 Å². The molecule has 1 aromatic carbocycles. The summed E-state index contributed by atoms with van der Waals surface area (Å²) in [6.07, 6.45) is 5.45. The molecular weight excluding hydrogens is 248 g/mol. The van der Waals surface area contributed by atoms with E-state index in [0.717, 1.165) is 25.7 Å². The Labute approximate surface area is 113 Å². The van der Waals surface area contributed by atoms with Gasteiger partial charge < -0.3 is 10.0 Å². The molecule has 1 N–H and O–H groups in total. The minimum Gasteiger partial charge on any atom is -0.392 e. The van der Waals surface area contributed by atoms with Gasteiger partial charge in [0.15, 0.2) is 0 Å². The number of hydrogen-bond acceptors (Lipinski definition) is 2. The summed E-state index contributed by atoms with van der Waals surface area (Å²) in [5.41, 5.74) is 0.338. The van der Waals surface area contributed by atoms with E-state index in [9.17, 15) is 8.78 Å². The highest BCUT2D eigenvalue weighted by Crippen LogP contribution is 2.31. The number of anilines is 1. The zero-order valence-electron chi connectivity index (χ0n) is 11.3. The molecule has 2 nitrogen and oxygen atoms in total. The van der Waals surface area contributed by atoms with Crippen LogP contribution in [0, 0.1) is 11.6 Å². The lowest BCUT2D eigenvalue weighted by molar-refractivity contribution is 0.280. The van der Waals surface area contributed by atoms with Crippen LogP contribution in [0.3, 0.4) is 0 Å². The largest absolute Gasteiger partial charge is 0.392 e. The molecule has 0 atom stereocenters. The van der Waals surface area contributed by atoms with Crippen LogP contribution in [0.15, 0.2) is 12.1 Å². The van der Waals surface area contributed by atoms with Crippen molar-refractivity contribution in [3.63, 3.8) is 0 Å². The predicted octanol–water partition coefficient (Wildman–Crippen LogP) is 3.62. The molecule has 0 aliphatic heterocycles. The molecule has 1 fully saturated rings. The molecule has 4 heteroatoms. The Morgan fingerprint density at radius 1 is 1.16 bits per heavy atom. The first-order valence-electron chi connectivity index (χ1n) is 7.02. The van der Waals surface area contributed by atoms with Crippen LogP contribution in [0.1, 0.15) is 44.6 Å². The zero-order chi connectivity index (χ0) is 13.8. The average Bonchev–Trinajstić information content (AvgIpc) is 2.43. The lowest BCUT2D eigenvalue weighted by Gasteiger charge is -2.35. The van der Waals surface area contributed by atoms with Gasteiger partial charge in [-0.05, 0) is 37.5 Å². The molecule has 0 amide bonds. The fourth-order valence-electron chi connectivity index (χ4n) is 2.98. The minimum atomic E-state index is -0.573. The van der Waals surface area contributed by atoms with Gasteiger partial charge in [-0.15, -0.1) is 0 Å². The molecule has 0 saturated heterocycles. The summed E-state index contributed by atoms with van der Waals surface area (Å²) in [4.78, 5) is 1.84. The Balaban J connectivity index is 2.31. The fourth-order valence-corrected chi connectivity index (χ4v) is 2.98. The third kappa shape index (κ3) is 3.06.